The van der Waals surface area contributed by atoms with Gasteiger partial charge in [-0.2, -0.15) is 0 Å². The number of methoxy groups -OCH3 is 1. The molecule has 0 bridgehead atoms. The van der Waals surface area contributed by atoms with Crippen molar-refractivity contribution in [1.82, 2.24) is 4.42 Å². The first-order valence-corrected chi connectivity index (χ1v) is 8.40. The number of hydrogen-bond acceptors (Lipinski definition) is 7. The summed E-state index contributed by atoms with van der Waals surface area (Å²) in [6.07, 6.45) is -2.66. The zero-order valence-electron chi connectivity index (χ0n) is 15.2. The molecule has 2 fully saturated rings. The van der Waals surface area contributed by atoms with E-state index in [0.29, 0.717) is 5.57 Å². The van der Waals surface area contributed by atoms with Crippen molar-refractivity contribution < 1.29 is 33.6 Å². The standard InChI is InChI=1S/C16H26ClNO7/c1-7-18(17)13(19)24-11-8-22-15(9-23-14(4,5)25-15)16(20,10(2)3)12(11)21-6/h11-12,20H,2,7-9H2,1,3-6H3/t11-,12-,15+,16-/m1/s1. The summed E-state index contributed by atoms with van der Waals surface area (Å²) in [6.45, 7) is 10.8. The van der Waals surface area contributed by atoms with E-state index in [1.54, 1.807) is 27.7 Å². The Morgan fingerprint density at radius 2 is 2.08 bits per heavy atom. The molecule has 2 heterocycles. The maximum atomic E-state index is 12.0. The summed E-state index contributed by atoms with van der Waals surface area (Å²) in [5, 5.41) is 11.5. The van der Waals surface area contributed by atoms with Crippen LogP contribution in [-0.4, -0.2) is 71.9 Å². The van der Waals surface area contributed by atoms with Gasteiger partial charge in [0.1, 0.15) is 12.7 Å². The molecule has 0 aliphatic carbocycles. The minimum atomic E-state index is -1.80. The molecule has 0 saturated carbocycles. The Hall–Kier alpha value is -0.900. The smallest absolute Gasteiger partial charge is 0.424 e. The van der Waals surface area contributed by atoms with Crippen LogP contribution in [0.4, 0.5) is 4.79 Å². The molecule has 1 spiro atoms. The largest absolute Gasteiger partial charge is 0.440 e. The molecule has 0 aromatic carbocycles. The van der Waals surface area contributed by atoms with Gasteiger partial charge in [0.2, 0.25) is 5.79 Å². The van der Waals surface area contributed by atoms with Gasteiger partial charge in [-0.05, 0) is 33.3 Å². The van der Waals surface area contributed by atoms with E-state index < -0.39 is 35.5 Å². The van der Waals surface area contributed by atoms with E-state index in [2.05, 4.69) is 6.58 Å². The third-order valence-electron chi connectivity index (χ3n) is 4.46. The van der Waals surface area contributed by atoms with Crippen LogP contribution in [0.2, 0.25) is 0 Å². The summed E-state index contributed by atoms with van der Waals surface area (Å²) in [4.78, 5) is 12.0. The summed E-state index contributed by atoms with van der Waals surface area (Å²) in [7, 11) is 1.40. The van der Waals surface area contributed by atoms with Crippen molar-refractivity contribution >= 4 is 17.9 Å². The summed E-state index contributed by atoms with van der Waals surface area (Å²) in [5.41, 5.74) is -1.47. The predicted octanol–water partition coefficient (Wildman–Crippen LogP) is 1.80. The fraction of sp³-hybridized carbons (Fsp3) is 0.812. The normalized spacial score (nSPS) is 37.1. The average molecular weight is 380 g/mol. The number of amides is 1. The van der Waals surface area contributed by atoms with Crippen molar-refractivity contribution in [2.24, 2.45) is 0 Å². The average Bonchev–Trinajstić information content (AvgIpc) is 2.86. The molecular weight excluding hydrogens is 354 g/mol. The van der Waals surface area contributed by atoms with E-state index in [1.165, 1.54) is 7.11 Å². The SMILES string of the molecule is C=C(C)[C@@]1(O)[C@H](OC)[C@H](OC(=O)N(Cl)CC)CO[C@]12COC(C)(C)O2. The lowest BCUT2D eigenvalue weighted by Gasteiger charge is -2.52. The first kappa shape index (κ1) is 20.4. The highest BCUT2D eigenvalue weighted by molar-refractivity contribution is 6.20. The third-order valence-corrected chi connectivity index (χ3v) is 4.84. The van der Waals surface area contributed by atoms with Gasteiger partial charge >= 0.3 is 6.09 Å². The molecule has 0 aromatic heterocycles. The van der Waals surface area contributed by atoms with Gasteiger partial charge in [-0.25, -0.2) is 9.21 Å². The molecule has 8 nitrogen and oxygen atoms in total. The van der Waals surface area contributed by atoms with E-state index in [4.69, 9.17) is 35.5 Å². The number of aliphatic hydroxyl groups is 1. The molecule has 2 rings (SSSR count). The second-order valence-electron chi connectivity index (χ2n) is 6.66. The lowest BCUT2D eigenvalue weighted by Crippen LogP contribution is -2.72. The minimum absolute atomic E-state index is 0.0273. The maximum absolute atomic E-state index is 12.0. The zero-order valence-corrected chi connectivity index (χ0v) is 16.0. The first-order chi connectivity index (χ1) is 11.5. The van der Waals surface area contributed by atoms with E-state index in [1.807, 2.05) is 0 Å². The van der Waals surface area contributed by atoms with Crippen LogP contribution in [0.5, 0.6) is 0 Å². The van der Waals surface area contributed by atoms with E-state index in [0.717, 1.165) is 4.42 Å². The van der Waals surface area contributed by atoms with Gasteiger partial charge in [-0.15, -0.1) is 0 Å². The van der Waals surface area contributed by atoms with Crippen LogP contribution < -0.4 is 0 Å². The number of ether oxygens (including phenoxy) is 5. The molecule has 2 aliphatic heterocycles. The van der Waals surface area contributed by atoms with Gasteiger partial charge in [0.15, 0.2) is 17.5 Å². The van der Waals surface area contributed by atoms with Crippen LogP contribution in [0.15, 0.2) is 12.2 Å². The second kappa shape index (κ2) is 7.02. The van der Waals surface area contributed by atoms with Gasteiger partial charge in [0.25, 0.3) is 0 Å². The molecule has 0 unspecified atom stereocenters. The van der Waals surface area contributed by atoms with Crippen LogP contribution >= 0.6 is 11.8 Å². The molecule has 2 saturated heterocycles. The Labute approximate surface area is 152 Å². The Bertz CT molecular complexity index is 543. The fourth-order valence-electron chi connectivity index (χ4n) is 3.19. The van der Waals surface area contributed by atoms with Gasteiger partial charge in [-0.3, -0.25) is 0 Å². The van der Waals surface area contributed by atoms with Gasteiger partial charge in [0.05, 0.1) is 6.61 Å². The van der Waals surface area contributed by atoms with Crippen LogP contribution in [0.25, 0.3) is 0 Å². The van der Waals surface area contributed by atoms with Crippen LogP contribution in [0, 0.1) is 0 Å². The lowest BCUT2D eigenvalue weighted by atomic mass is 9.77. The van der Waals surface area contributed by atoms with E-state index in [9.17, 15) is 9.90 Å². The third kappa shape index (κ3) is 3.39. The van der Waals surface area contributed by atoms with Crippen LogP contribution in [0.3, 0.4) is 0 Å². The molecule has 2 aliphatic rings. The van der Waals surface area contributed by atoms with Crippen molar-refractivity contribution in [3.05, 3.63) is 12.2 Å². The monoisotopic (exact) mass is 379 g/mol. The molecule has 1 N–H and O–H groups in total. The predicted molar refractivity (Wildman–Crippen MR) is 88.9 cm³/mol. The maximum Gasteiger partial charge on any atom is 0.424 e. The number of rotatable bonds is 4. The molecule has 4 atom stereocenters. The summed E-state index contributed by atoms with van der Waals surface area (Å²) < 4.78 is 29.0. The van der Waals surface area contributed by atoms with Crippen molar-refractivity contribution in [3.63, 3.8) is 0 Å². The Morgan fingerprint density at radius 1 is 1.44 bits per heavy atom. The van der Waals surface area contributed by atoms with Crippen molar-refractivity contribution in [2.75, 3.05) is 26.9 Å². The highest BCUT2D eigenvalue weighted by Crippen LogP contribution is 2.48. The Morgan fingerprint density at radius 3 is 2.52 bits per heavy atom. The zero-order chi connectivity index (χ0) is 19.0. The summed E-state index contributed by atoms with van der Waals surface area (Å²) in [6, 6.07) is 0. The molecule has 25 heavy (non-hydrogen) atoms. The number of carbonyl (C=O) groups is 1. The van der Waals surface area contributed by atoms with Crippen molar-refractivity contribution in [2.45, 2.75) is 57.1 Å². The molecule has 144 valence electrons. The first-order valence-electron chi connectivity index (χ1n) is 8.06. The molecule has 0 aromatic rings. The number of hydrogen-bond donors (Lipinski definition) is 1. The van der Waals surface area contributed by atoms with Gasteiger partial charge in [0, 0.05) is 25.4 Å². The van der Waals surface area contributed by atoms with Crippen molar-refractivity contribution in [1.29, 1.82) is 0 Å². The number of nitrogens with zero attached hydrogens (tertiary/aromatic N) is 1. The molecular formula is C16H26ClNO7. The van der Waals surface area contributed by atoms with Gasteiger partial charge < -0.3 is 28.8 Å². The van der Waals surface area contributed by atoms with Crippen molar-refractivity contribution in [3.8, 4) is 0 Å². The fourth-order valence-corrected chi connectivity index (χ4v) is 3.23. The highest BCUT2D eigenvalue weighted by Gasteiger charge is 2.68. The summed E-state index contributed by atoms with van der Waals surface area (Å²) in [5.74, 6) is -2.47. The molecule has 0 radical (unpaired) electrons. The van der Waals surface area contributed by atoms with E-state index >= 15 is 0 Å². The lowest BCUT2D eigenvalue weighted by molar-refractivity contribution is -0.368. The molecule has 1 amide bonds. The summed E-state index contributed by atoms with van der Waals surface area (Å²) >= 11 is 5.77. The quantitative estimate of drug-likeness (QED) is 0.588. The van der Waals surface area contributed by atoms with E-state index in [-0.39, 0.29) is 19.8 Å². The Kier molecular flexibility index (Phi) is 5.73. The minimum Gasteiger partial charge on any atom is -0.440 e. The second-order valence-corrected chi connectivity index (χ2v) is 7.07. The van der Waals surface area contributed by atoms with Crippen LogP contribution in [0.1, 0.15) is 27.7 Å². The number of halogens is 1. The van der Waals surface area contributed by atoms with Gasteiger partial charge in [-0.1, -0.05) is 6.58 Å². The molecule has 9 heteroatoms. The van der Waals surface area contributed by atoms with Crippen LogP contribution in [-0.2, 0) is 23.7 Å². The Balaban J connectivity index is 2.34. The highest BCUT2D eigenvalue weighted by atomic mass is 35.5. The topological polar surface area (TPSA) is 86.7 Å². The number of carbonyl (C=O) groups excluding carboxylic acids is 1.